The number of benzene rings is 2. The largest absolute Gasteiger partial charge is 0.323 e. The third kappa shape index (κ3) is 4.55. The van der Waals surface area contributed by atoms with E-state index in [-0.39, 0.29) is 11.7 Å². The fraction of sp³-hybridized carbons (Fsp3) is 0.211. The SMILES string of the molecule is CC[C@H](C)c1ccc(NC(=O)/C=C\c2ccc(F)cc2)cc1. The monoisotopic (exact) mass is 297 g/mol. The maximum atomic E-state index is 12.8. The van der Waals surface area contributed by atoms with Gasteiger partial charge in [-0.25, -0.2) is 4.39 Å². The van der Waals surface area contributed by atoms with Crippen LogP contribution in [-0.2, 0) is 4.79 Å². The van der Waals surface area contributed by atoms with Crippen LogP contribution in [0.2, 0.25) is 0 Å². The molecular formula is C19H20FNO. The number of halogens is 1. The normalized spacial score (nSPS) is 12.3. The van der Waals surface area contributed by atoms with Gasteiger partial charge in [0.25, 0.3) is 0 Å². The molecule has 0 bridgehead atoms. The number of carbonyl (C=O) groups is 1. The highest BCUT2D eigenvalue weighted by Gasteiger charge is 2.03. The van der Waals surface area contributed by atoms with Gasteiger partial charge in [-0.05, 0) is 53.8 Å². The van der Waals surface area contributed by atoms with Gasteiger partial charge in [-0.15, -0.1) is 0 Å². The van der Waals surface area contributed by atoms with Crippen LogP contribution in [0.15, 0.2) is 54.6 Å². The molecule has 0 heterocycles. The van der Waals surface area contributed by atoms with Crippen LogP contribution >= 0.6 is 0 Å². The molecular weight excluding hydrogens is 277 g/mol. The fourth-order valence-corrected chi connectivity index (χ4v) is 2.06. The second kappa shape index (κ2) is 7.55. The van der Waals surface area contributed by atoms with Crippen molar-refractivity contribution < 1.29 is 9.18 Å². The lowest BCUT2D eigenvalue weighted by Crippen LogP contribution is -2.07. The number of amides is 1. The van der Waals surface area contributed by atoms with E-state index < -0.39 is 0 Å². The van der Waals surface area contributed by atoms with E-state index >= 15 is 0 Å². The Kier molecular flexibility index (Phi) is 5.48. The van der Waals surface area contributed by atoms with Crippen molar-refractivity contribution in [2.24, 2.45) is 0 Å². The predicted molar refractivity (Wildman–Crippen MR) is 89.2 cm³/mol. The van der Waals surface area contributed by atoms with Crippen LogP contribution in [0, 0.1) is 5.82 Å². The minimum Gasteiger partial charge on any atom is -0.323 e. The number of hydrogen-bond donors (Lipinski definition) is 1. The summed E-state index contributed by atoms with van der Waals surface area (Å²) in [6, 6.07) is 13.9. The highest BCUT2D eigenvalue weighted by atomic mass is 19.1. The third-order valence-electron chi connectivity index (χ3n) is 3.66. The second-order valence-corrected chi connectivity index (χ2v) is 5.31. The van der Waals surface area contributed by atoms with E-state index in [0.717, 1.165) is 17.7 Å². The topological polar surface area (TPSA) is 29.1 Å². The molecule has 2 aromatic rings. The lowest BCUT2D eigenvalue weighted by molar-refractivity contribution is -0.111. The van der Waals surface area contributed by atoms with Crippen molar-refractivity contribution in [3.63, 3.8) is 0 Å². The highest BCUT2D eigenvalue weighted by molar-refractivity contribution is 6.01. The molecule has 0 unspecified atom stereocenters. The van der Waals surface area contributed by atoms with Crippen molar-refractivity contribution >= 4 is 17.7 Å². The first-order valence-electron chi connectivity index (χ1n) is 7.43. The van der Waals surface area contributed by atoms with E-state index in [4.69, 9.17) is 0 Å². The van der Waals surface area contributed by atoms with Gasteiger partial charge < -0.3 is 5.32 Å². The van der Waals surface area contributed by atoms with Gasteiger partial charge in [-0.2, -0.15) is 0 Å². The first-order valence-corrected chi connectivity index (χ1v) is 7.43. The molecule has 114 valence electrons. The van der Waals surface area contributed by atoms with Gasteiger partial charge in [0, 0.05) is 11.8 Å². The number of hydrogen-bond acceptors (Lipinski definition) is 1. The van der Waals surface area contributed by atoms with Gasteiger partial charge >= 0.3 is 0 Å². The van der Waals surface area contributed by atoms with Crippen LogP contribution in [0.25, 0.3) is 6.08 Å². The molecule has 2 rings (SSSR count). The first kappa shape index (κ1) is 16.0. The molecule has 1 atom stereocenters. The summed E-state index contributed by atoms with van der Waals surface area (Å²) >= 11 is 0. The predicted octanol–water partition coefficient (Wildman–Crippen LogP) is 4.99. The van der Waals surface area contributed by atoms with Crippen LogP contribution in [0.1, 0.15) is 37.3 Å². The molecule has 2 nitrogen and oxygen atoms in total. The summed E-state index contributed by atoms with van der Waals surface area (Å²) in [5, 5.41) is 2.81. The van der Waals surface area contributed by atoms with Crippen molar-refractivity contribution in [3.8, 4) is 0 Å². The van der Waals surface area contributed by atoms with E-state index in [1.165, 1.54) is 23.8 Å². The van der Waals surface area contributed by atoms with Crippen LogP contribution < -0.4 is 5.32 Å². The van der Waals surface area contributed by atoms with Gasteiger partial charge in [-0.3, -0.25) is 4.79 Å². The molecule has 0 aliphatic carbocycles. The Hall–Kier alpha value is -2.42. The Morgan fingerprint density at radius 3 is 2.36 bits per heavy atom. The summed E-state index contributed by atoms with van der Waals surface area (Å²) in [6.07, 6.45) is 4.18. The Balaban J connectivity index is 1.95. The summed E-state index contributed by atoms with van der Waals surface area (Å²) in [6.45, 7) is 4.33. The molecule has 1 N–H and O–H groups in total. The average Bonchev–Trinajstić information content (AvgIpc) is 2.54. The Bertz CT molecular complexity index is 644. The average molecular weight is 297 g/mol. The molecule has 0 saturated heterocycles. The van der Waals surface area contributed by atoms with Gasteiger partial charge in [0.1, 0.15) is 5.82 Å². The summed E-state index contributed by atoms with van der Waals surface area (Å²) in [5.41, 5.74) is 2.81. The lowest BCUT2D eigenvalue weighted by atomic mass is 9.99. The van der Waals surface area contributed by atoms with Gasteiger partial charge in [-0.1, -0.05) is 38.1 Å². The van der Waals surface area contributed by atoms with Gasteiger partial charge in [0.15, 0.2) is 0 Å². The molecule has 0 spiro atoms. The molecule has 0 aliphatic heterocycles. The van der Waals surface area contributed by atoms with Crippen molar-refractivity contribution in [2.75, 3.05) is 5.32 Å². The minimum absolute atomic E-state index is 0.208. The van der Waals surface area contributed by atoms with Crippen LogP contribution in [0.4, 0.5) is 10.1 Å². The summed E-state index contributed by atoms with van der Waals surface area (Å²) in [7, 11) is 0. The fourth-order valence-electron chi connectivity index (χ4n) is 2.06. The smallest absolute Gasteiger partial charge is 0.248 e. The number of anilines is 1. The Morgan fingerprint density at radius 1 is 1.14 bits per heavy atom. The van der Waals surface area contributed by atoms with E-state index in [9.17, 15) is 9.18 Å². The second-order valence-electron chi connectivity index (χ2n) is 5.31. The highest BCUT2D eigenvalue weighted by Crippen LogP contribution is 2.20. The van der Waals surface area contributed by atoms with Crippen molar-refractivity contribution in [1.29, 1.82) is 0 Å². The molecule has 2 aromatic carbocycles. The van der Waals surface area contributed by atoms with E-state index in [1.54, 1.807) is 18.2 Å². The molecule has 0 fully saturated rings. The summed E-state index contributed by atoms with van der Waals surface area (Å²) in [5.74, 6) is 0.0201. The summed E-state index contributed by atoms with van der Waals surface area (Å²) < 4.78 is 12.8. The molecule has 0 radical (unpaired) electrons. The maximum absolute atomic E-state index is 12.8. The van der Waals surface area contributed by atoms with Crippen LogP contribution in [0.5, 0.6) is 0 Å². The Labute approximate surface area is 130 Å². The first-order chi connectivity index (χ1) is 10.6. The number of rotatable bonds is 5. The Morgan fingerprint density at radius 2 is 1.77 bits per heavy atom. The molecule has 0 aromatic heterocycles. The van der Waals surface area contributed by atoms with Crippen LogP contribution in [0.3, 0.4) is 0 Å². The van der Waals surface area contributed by atoms with Crippen molar-refractivity contribution in [3.05, 3.63) is 71.6 Å². The van der Waals surface area contributed by atoms with Crippen molar-refractivity contribution in [1.82, 2.24) is 0 Å². The standard InChI is InChI=1S/C19H20FNO/c1-3-14(2)16-7-11-18(12-8-16)21-19(22)13-6-15-4-9-17(20)10-5-15/h4-14H,3H2,1-2H3,(H,21,22)/b13-6-/t14-/m0/s1. The van der Waals surface area contributed by atoms with Gasteiger partial charge in [0.2, 0.25) is 5.91 Å². The quantitative estimate of drug-likeness (QED) is 0.774. The lowest BCUT2D eigenvalue weighted by Gasteiger charge is -2.09. The molecule has 0 saturated carbocycles. The maximum Gasteiger partial charge on any atom is 0.248 e. The molecule has 3 heteroatoms. The zero-order valence-corrected chi connectivity index (χ0v) is 12.8. The minimum atomic E-state index is -0.289. The van der Waals surface area contributed by atoms with E-state index in [0.29, 0.717) is 5.92 Å². The zero-order valence-electron chi connectivity index (χ0n) is 12.8. The molecule has 0 aliphatic rings. The summed E-state index contributed by atoms with van der Waals surface area (Å²) in [4.78, 5) is 11.9. The van der Waals surface area contributed by atoms with Crippen LogP contribution in [-0.4, -0.2) is 5.91 Å². The molecule has 22 heavy (non-hydrogen) atoms. The zero-order chi connectivity index (χ0) is 15.9. The molecule has 1 amide bonds. The van der Waals surface area contributed by atoms with E-state index in [2.05, 4.69) is 19.2 Å². The number of nitrogens with one attached hydrogen (secondary N) is 1. The van der Waals surface area contributed by atoms with Gasteiger partial charge in [0.05, 0.1) is 0 Å². The number of carbonyl (C=O) groups excluding carboxylic acids is 1. The van der Waals surface area contributed by atoms with E-state index in [1.807, 2.05) is 24.3 Å². The van der Waals surface area contributed by atoms with Crippen molar-refractivity contribution in [2.45, 2.75) is 26.2 Å². The third-order valence-corrected chi connectivity index (χ3v) is 3.66.